The minimum atomic E-state index is -0.436. The van der Waals surface area contributed by atoms with Crippen LogP contribution in [0.2, 0.25) is 0 Å². The van der Waals surface area contributed by atoms with Gasteiger partial charge in [0.2, 0.25) is 5.91 Å². The first kappa shape index (κ1) is 14.0. The minimum absolute atomic E-state index is 0.0451. The molecule has 0 unspecified atom stereocenters. The van der Waals surface area contributed by atoms with Gasteiger partial charge in [-0.2, -0.15) is 0 Å². The van der Waals surface area contributed by atoms with Crippen LogP contribution in [0.3, 0.4) is 0 Å². The van der Waals surface area contributed by atoms with Crippen molar-refractivity contribution in [1.29, 1.82) is 0 Å². The third-order valence-corrected chi connectivity index (χ3v) is 2.57. The molecule has 6 heteroatoms. The van der Waals surface area contributed by atoms with E-state index in [0.29, 0.717) is 18.8 Å². The van der Waals surface area contributed by atoms with Gasteiger partial charge in [-0.1, -0.05) is 0 Å². The number of aromatic nitrogens is 1. The highest BCUT2D eigenvalue weighted by atomic mass is 16.2. The molecule has 18 heavy (non-hydrogen) atoms. The summed E-state index contributed by atoms with van der Waals surface area (Å²) in [7, 11) is 0. The van der Waals surface area contributed by atoms with Crippen LogP contribution in [0.4, 0.5) is 5.69 Å². The number of carbonyl (C=O) groups is 2. The summed E-state index contributed by atoms with van der Waals surface area (Å²) in [6.07, 6.45) is 1.48. The second kappa shape index (κ2) is 6.58. The third-order valence-electron chi connectivity index (χ3n) is 2.57. The normalized spacial score (nSPS) is 9.89. The minimum Gasteiger partial charge on any atom is -0.397 e. The van der Waals surface area contributed by atoms with Crippen LogP contribution in [0.5, 0.6) is 0 Å². The van der Waals surface area contributed by atoms with Gasteiger partial charge < -0.3 is 16.0 Å². The fourth-order valence-corrected chi connectivity index (χ4v) is 1.54. The number of likely N-dealkylation sites (N-methyl/N-ethyl adjacent to an activating group) is 1. The molecule has 1 aromatic rings. The molecule has 0 saturated carbocycles. The number of nitrogens with one attached hydrogen (secondary N) is 1. The second-order valence-electron chi connectivity index (χ2n) is 3.69. The van der Waals surface area contributed by atoms with Gasteiger partial charge in [0.25, 0.3) is 5.91 Å². The maximum Gasteiger partial charge on any atom is 0.272 e. The van der Waals surface area contributed by atoms with Crippen molar-refractivity contribution in [3.63, 3.8) is 0 Å². The standard InChI is InChI=1S/C12H18N4O2/c1-3-16(4-2)10(17)8-15-12(18)11-9(13)6-5-7-14-11/h5-7H,3-4,8,13H2,1-2H3,(H,15,18). The molecule has 0 fully saturated rings. The zero-order valence-corrected chi connectivity index (χ0v) is 10.6. The van der Waals surface area contributed by atoms with Crippen LogP contribution in [0.25, 0.3) is 0 Å². The van der Waals surface area contributed by atoms with Crippen LogP contribution < -0.4 is 11.1 Å². The van der Waals surface area contributed by atoms with E-state index in [9.17, 15) is 9.59 Å². The van der Waals surface area contributed by atoms with Crippen LogP contribution in [0.1, 0.15) is 24.3 Å². The van der Waals surface area contributed by atoms with Gasteiger partial charge in [0.15, 0.2) is 5.69 Å². The number of pyridine rings is 1. The number of anilines is 1. The predicted octanol–water partition coefficient (Wildman–Crippen LogP) is 0.262. The van der Waals surface area contributed by atoms with E-state index in [1.807, 2.05) is 13.8 Å². The van der Waals surface area contributed by atoms with Crippen LogP contribution >= 0.6 is 0 Å². The van der Waals surface area contributed by atoms with Crippen molar-refractivity contribution in [2.75, 3.05) is 25.4 Å². The number of nitrogen functional groups attached to an aromatic ring is 1. The molecule has 1 aromatic heterocycles. The maximum absolute atomic E-state index is 11.7. The summed E-state index contributed by atoms with van der Waals surface area (Å²) in [5, 5.41) is 2.52. The molecule has 0 aliphatic heterocycles. The summed E-state index contributed by atoms with van der Waals surface area (Å²) in [5.74, 6) is -0.559. The Morgan fingerprint density at radius 3 is 2.61 bits per heavy atom. The summed E-state index contributed by atoms with van der Waals surface area (Å²) in [5.41, 5.74) is 6.06. The van der Waals surface area contributed by atoms with Gasteiger partial charge in [-0.05, 0) is 26.0 Å². The lowest BCUT2D eigenvalue weighted by molar-refractivity contribution is -0.129. The number of nitrogens with two attached hydrogens (primary N) is 1. The number of rotatable bonds is 5. The van der Waals surface area contributed by atoms with Gasteiger partial charge in [0.1, 0.15) is 0 Å². The second-order valence-corrected chi connectivity index (χ2v) is 3.69. The topological polar surface area (TPSA) is 88.3 Å². The summed E-state index contributed by atoms with van der Waals surface area (Å²) in [6.45, 7) is 4.98. The first-order chi connectivity index (χ1) is 8.60. The molecular formula is C12H18N4O2. The lowest BCUT2D eigenvalue weighted by atomic mass is 10.3. The van der Waals surface area contributed by atoms with Gasteiger partial charge in [-0.15, -0.1) is 0 Å². The summed E-state index contributed by atoms with van der Waals surface area (Å²) >= 11 is 0. The highest BCUT2D eigenvalue weighted by Crippen LogP contribution is 2.05. The Morgan fingerprint density at radius 2 is 2.06 bits per heavy atom. The zero-order valence-electron chi connectivity index (χ0n) is 10.6. The molecule has 1 rings (SSSR count). The summed E-state index contributed by atoms with van der Waals surface area (Å²) in [4.78, 5) is 29.0. The van der Waals surface area contributed by atoms with Crippen LogP contribution in [0, 0.1) is 0 Å². The van der Waals surface area contributed by atoms with Crippen molar-refractivity contribution in [3.05, 3.63) is 24.0 Å². The van der Waals surface area contributed by atoms with E-state index >= 15 is 0 Å². The van der Waals surface area contributed by atoms with E-state index < -0.39 is 5.91 Å². The van der Waals surface area contributed by atoms with E-state index in [1.165, 1.54) is 6.20 Å². The fourth-order valence-electron chi connectivity index (χ4n) is 1.54. The quantitative estimate of drug-likeness (QED) is 0.784. The predicted molar refractivity (Wildman–Crippen MR) is 68.9 cm³/mol. The van der Waals surface area contributed by atoms with E-state index in [4.69, 9.17) is 5.73 Å². The molecule has 0 saturated heterocycles. The Morgan fingerprint density at radius 1 is 1.39 bits per heavy atom. The van der Waals surface area contributed by atoms with E-state index in [-0.39, 0.29) is 18.1 Å². The molecule has 2 amide bonds. The van der Waals surface area contributed by atoms with Gasteiger partial charge in [0, 0.05) is 19.3 Å². The van der Waals surface area contributed by atoms with Gasteiger partial charge in [-0.25, -0.2) is 4.98 Å². The van der Waals surface area contributed by atoms with Gasteiger partial charge in [0.05, 0.1) is 12.2 Å². The number of hydrogen-bond acceptors (Lipinski definition) is 4. The molecular weight excluding hydrogens is 232 g/mol. The molecule has 0 atom stereocenters. The molecule has 0 spiro atoms. The fraction of sp³-hybridized carbons (Fsp3) is 0.417. The van der Waals surface area contributed by atoms with E-state index in [2.05, 4.69) is 10.3 Å². The molecule has 6 nitrogen and oxygen atoms in total. The van der Waals surface area contributed by atoms with Crippen molar-refractivity contribution in [2.45, 2.75) is 13.8 Å². The molecule has 0 aliphatic rings. The van der Waals surface area contributed by atoms with E-state index in [0.717, 1.165) is 0 Å². The Hall–Kier alpha value is -2.11. The lowest BCUT2D eigenvalue weighted by Gasteiger charge is -2.18. The molecule has 0 radical (unpaired) electrons. The highest BCUT2D eigenvalue weighted by Gasteiger charge is 2.14. The number of carbonyl (C=O) groups excluding carboxylic acids is 2. The molecule has 0 aliphatic carbocycles. The number of nitrogens with zero attached hydrogens (tertiary/aromatic N) is 2. The Bertz CT molecular complexity index is 430. The van der Waals surface area contributed by atoms with Crippen LogP contribution in [0.15, 0.2) is 18.3 Å². The van der Waals surface area contributed by atoms with Crippen molar-refractivity contribution in [1.82, 2.24) is 15.2 Å². The van der Waals surface area contributed by atoms with Crippen LogP contribution in [-0.2, 0) is 4.79 Å². The summed E-state index contributed by atoms with van der Waals surface area (Å²) in [6, 6.07) is 3.24. The Labute approximate surface area is 106 Å². The molecule has 0 aromatic carbocycles. The van der Waals surface area contributed by atoms with Crippen LogP contribution in [-0.4, -0.2) is 41.3 Å². The van der Waals surface area contributed by atoms with Crippen molar-refractivity contribution >= 4 is 17.5 Å². The first-order valence-electron chi connectivity index (χ1n) is 5.86. The third kappa shape index (κ3) is 3.44. The SMILES string of the molecule is CCN(CC)C(=O)CNC(=O)c1ncccc1N. The first-order valence-corrected chi connectivity index (χ1v) is 5.86. The molecule has 3 N–H and O–H groups in total. The van der Waals surface area contributed by atoms with Crippen molar-refractivity contribution in [2.24, 2.45) is 0 Å². The lowest BCUT2D eigenvalue weighted by Crippen LogP contribution is -2.40. The molecule has 0 bridgehead atoms. The smallest absolute Gasteiger partial charge is 0.272 e. The largest absolute Gasteiger partial charge is 0.397 e. The Balaban J connectivity index is 2.57. The van der Waals surface area contributed by atoms with Gasteiger partial charge in [-0.3, -0.25) is 9.59 Å². The zero-order chi connectivity index (χ0) is 13.5. The highest BCUT2D eigenvalue weighted by molar-refractivity contribution is 5.98. The van der Waals surface area contributed by atoms with Crippen molar-refractivity contribution in [3.8, 4) is 0 Å². The Kier molecular flexibility index (Phi) is 5.10. The summed E-state index contributed by atoms with van der Waals surface area (Å²) < 4.78 is 0. The number of amides is 2. The average Bonchev–Trinajstić information content (AvgIpc) is 2.38. The number of hydrogen-bond donors (Lipinski definition) is 2. The monoisotopic (exact) mass is 250 g/mol. The average molecular weight is 250 g/mol. The van der Waals surface area contributed by atoms with E-state index in [1.54, 1.807) is 17.0 Å². The molecule has 1 heterocycles. The molecule has 98 valence electrons. The maximum atomic E-state index is 11.7. The van der Waals surface area contributed by atoms with Gasteiger partial charge >= 0.3 is 0 Å². The van der Waals surface area contributed by atoms with Crippen molar-refractivity contribution < 1.29 is 9.59 Å².